The van der Waals surface area contributed by atoms with Crippen LogP contribution in [0.3, 0.4) is 0 Å². The van der Waals surface area contributed by atoms with Gasteiger partial charge in [-0.2, -0.15) is 4.39 Å². The van der Waals surface area contributed by atoms with Crippen molar-refractivity contribution in [1.82, 2.24) is 0 Å². The first-order valence-electron chi connectivity index (χ1n) is 11.8. The number of halogens is 4. The molecule has 2 aliphatic rings. The molecule has 0 bridgehead atoms. The summed E-state index contributed by atoms with van der Waals surface area (Å²) in [5, 5.41) is 0. The molecule has 0 radical (unpaired) electrons. The van der Waals surface area contributed by atoms with Crippen LogP contribution < -0.4 is 4.74 Å². The number of benzene rings is 2. The highest BCUT2D eigenvalue weighted by Crippen LogP contribution is 2.44. The van der Waals surface area contributed by atoms with Crippen LogP contribution in [0.25, 0.3) is 5.57 Å². The molecule has 0 N–H and O–H groups in total. The van der Waals surface area contributed by atoms with Gasteiger partial charge < -0.3 is 4.74 Å². The van der Waals surface area contributed by atoms with Crippen LogP contribution in [0.2, 0.25) is 0 Å². The Labute approximate surface area is 193 Å². The van der Waals surface area contributed by atoms with E-state index in [9.17, 15) is 13.2 Å². The van der Waals surface area contributed by atoms with Gasteiger partial charge in [0.25, 0.3) is 0 Å². The predicted octanol–water partition coefficient (Wildman–Crippen LogP) is 8.45. The molecule has 4 rings (SSSR count). The van der Waals surface area contributed by atoms with Crippen molar-refractivity contribution < 1.29 is 22.3 Å². The lowest BCUT2D eigenvalue weighted by Gasteiger charge is -2.30. The molecule has 1 saturated carbocycles. The largest absolute Gasteiger partial charge is 0.486 e. The number of ether oxygens (including phenoxy) is 1. The molecule has 1 fully saturated rings. The molecule has 0 amide bonds. The summed E-state index contributed by atoms with van der Waals surface area (Å²) in [6.07, 6.45) is 8.48. The van der Waals surface area contributed by atoms with Gasteiger partial charge in [0.1, 0.15) is 6.61 Å². The fourth-order valence-corrected chi connectivity index (χ4v) is 5.18. The Morgan fingerprint density at radius 1 is 0.848 bits per heavy atom. The molecule has 176 valence electrons. The second kappa shape index (κ2) is 10.1. The highest BCUT2D eigenvalue weighted by atomic mass is 19.2. The maximum Gasteiger partial charge on any atom is 0.200 e. The van der Waals surface area contributed by atoms with E-state index in [0.29, 0.717) is 48.3 Å². The molecule has 2 aromatic rings. The topological polar surface area (TPSA) is 9.23 Å². The molecule has 5 heteroatoms. The Hall–Kier alpha value is -2.56. The SMILES string of the molecule is C=CCOc1ccc(C2CCC(c3ccc(C4=CCC(C)CC4)c(F)c3F)CC2)c(F)c1F. The standard InChI is InChI=1S/C28H30F4O/c1-3-16-33-24-15-14-23(27(31)28(24)32)20-10-8-19(9-11-20)22-13-12-21(25(29)26(22)30)18-6-4-17(2)5-7-18/h3,6,12-15,17,19-20H,1,4-5,7-11,16H2,2H3. The van der Waals surface area contributed by atoms with Crippen LogP contribution >= 0.6 is 0 Å². The summed E-state index contributed by atoms with van der Waals surface area (Å²) in [5.74, 6) is -3.27. The summed E-state index contributed by atoms with van der Waals surface area (Å²) in [4.78, 5) is 0. The zero-order chi connectivity index (χ0) is 23.5. The molecule has 0 heterocycles. The maximum absolute atomic E-state index is 15.0. The first-order chi connectivity index (χ1) is 15.9. The van der Waals surface area contributed by atoms with E-state index >= 15 is 4.39 Å². The molecule has 2 aliphatic carbocycles. The Kier molecular flexibility index (Phi) is 7.26. The van der Waals surface area contributed by atoms with Gasteiger partial charge >= 0.3 is 0 Å². The lowest BCUT2D eigenvalue weighted by molar-refractivity contribution is 0.327. The number of hydrogen-bond acceptors (Lipinski definition) is 1. The minimum Gasteiger partial charge on any atom is -0.486 e. The van der Waals surface area contributed by atoms with Gasteiger partial charge in [-0.1, -0.05) is 43.9 Å². The zero-order valence-electron chi connectivity index (χ0n) is 19.0. The molecule has 2 aromatic carbocycles. The molecule has 33 heavy (non-hydrogen) atoms. The monoisotopic (exact) mass is 458 g/mol. The van der Waals surface area contributed by atoms with Gasteiger partial charge in [0, 0.05) is 5.56 Å². The highest BCUT2D eigenvalue weighted by molar-refractivity contribution is 5.67. The summed E-state index contributed by atoms with van der Waals surface area (Å²) >= 11 is 0. The molecule has 0 spiro atoms. The van der Waals surface area contributed by atoms with Crippen LogP contribution in [0, 0.1) is 29.2 Å². The molecular formula is C28H30F4O. The fourth-order valence-electron chi connectivity index (χ4n) is 5.18. The molecular weight excluding hydrogens is 428 g/mol. The van der Waals surface area contributed by atoms with Crippen LogP contribution in [-0.2, 0) is 0 Å². The zero-order valence-corrected chi connectivity index (χ0v) is 19.0. The average Bonchev–Trinajstić information content (AvgIpc) is 2.83. The maximum atomic E-state index is 15.0. The minimum absolute atomic E-state index is 0.0954. The first kappa shape index (κ1) is 23.6. The van der Waals surface area contributed by atoms with E-state index in [4.69, 9.17) is 4.74 Å². The molecule has 0 aliphatic heterocycles. The van der Waals surface area contributed by atoms with E-state index in [1.165, 1.54) is 12.1 Å². The van der Waals surface area contributed by atoms with Crippen LogP contribution in [0.4, 0.5) is 17.6 Å². The minimum atomic E-state index is -0.994. The van der Waals surface area contributed by atoms with Gasteiger partial charge in [0.05, 0.1) is 0 Å². The van der Waals surface area contributed by atoms with E-state index in [1.807, 2.05) is 6.08 Å². The van der Waals surface area contributed by atoms with Crippen molar-refractivity contribution in [2.75, 3.05) is 6.61 Å². The Bertz CT molecular complexity index is 1050. The number of hydrogen-bond donors (Lipinski definition) is 0. The third kappa shape index (κ3) is 4.87. The summed E-state index contributed by atoms with van der Waals surface area (Å²) < 4.78 is 64.1. The van der Waals surface area contributed by atoms with Crippen molar-refractivity contribution in [3.05, 3.63) is 83.0 Å². The van der Waals surface area contributed by atoms with Crippen molar-refractivity contribution >= 4 is 5.57 Å². The normalized spacial score (nSPS) is 23.2. The van der Waals surface area contributed by atoms with Crippen LogP contribution in [0.15, 0.2) is 43.0 Å². The van der Waals surface area contributed by atoms with Gasteiger partial charge in [-0.15, -0.1) is 0 Å². The van der Waals surface area contributed by atoms with Crippen LogP contribution in [0.5, 0.6) is 5.75 Å². The summed E-state index contributed by atoms with van der Waals surface area (Å²) in [6, 6.07) is 6.43. The van der Waals surface area contributed by atoms with Gasteiger partial charge in [-0.05, 0) is 85.5 Å². The predicted molar refractivity (Wildman–Crippen MR) is 123 cm³/mol. The number of rotatable bonds is 6. The second-order valence-corrected chi connectivity index (χ2v) is 9.37. The van der Waals surface area contributed by atoms with E-state index in [0.717, 1.165) is 24.8 Å². The third-order valence-electron chi connectivity index (χ3n) is 7.17. The highest BCUT2D eigenvalue weighted by Gasteiger charge is 2.30. The molecule has 1 unspecified atom stereocenters. The molecule has 1 nitrogen and oxygen atoms in total. The van der Waals surface area contributed by atoms with Crippen molar-refractivity contribution in [3.63, 3.8) is 0 Å². The van der Waals surface area contributed by atoms with Gasteiger partial charge in [-0.25, -0.2) is 13.2 Å². The Balaban J connectivity index is 1.47. The van der Waals surface area contributed by atoms with Gasteiger partial charge in [0.15, 0.2) is 23.2 Å². The van der Waals surface area contributed by atoms with Crippen molar-refractivity contribution in [3.8, 4) is 5.75 Å². The Morgan fingerprint density at radius 3 is 2.03 bits per heavy atom. The second-order valence-electron chi connectivity index (χ2n) is 9.37. The van der Waals surface area contributed by atoms with Crippen LogP contribution in [-0.4, -0.2) is 6.61 Å². The van der Waals surface area contributed by atoms with Crippen LogP contribution in [0.1, 0.15) is 80.4 Å². The summed E-state index contributed by atoms with van der Waals surface area (Å²) in [5.41, 5.74) is 1.96. The summed E-state index contributed by atoms with van der Waals surface area (Å²) in [7, 11) is 0. The molecule has 0 saturated heterocycles. The fraction of sp³-hybridized carbons (Fsp3) is 0.429. The molecule has 1 atom stereocenters. The van der Waals surface area contributed by atoms with Gasteiger partial charge in [0.2, 0.25) is 5.82 Å². The van der Waals surface area contributed by atoms with E-state index in [-0.39, 0.29) is 24.2 Å². The quantitative estimate of drug-likeness (QED) is 0.312. The average molecular weight is 459 g/mol. The summed E-state index contributed by atoms with van der Waals surface area (Å²) in [6.45, 7) is 5.76. The van der Waals surface area contributed by atoms with E-state index in [1.54, 1.807) is 18.2 Å². The number of allylic oxidation sites excluding steroid dienone is 2. The smallest absolute Gasteiger partial charge is 0.200 e. The first-order valence-corrected chi connectivity index (χ1v) is 11.8. The van der Waals surface area contributed by atoms with Gasteiger partial charge in [-0.3, -0.25) is 0 Å². The van der Waals surface area contributed by atoms with Crippen molar-refractivity contribution in [2.24, 2.45) is 5.92 Å². The van der Waals surface area contributed by atoms with E-state index < -0.39 is 23.3 Å². The van der Waals surface area contributed by atoms with Crippen molar-refractivity contribution in [2.45, 2.75) is 63.7 Å². The van der Waals surface area contributed by atoms with E-state index in [2.05, 4.69) is 13.5 Å². The lowest BCUT2D eigenvalue weighted by atomic mass is 9.75. The Morgan fingerprint density at radius 2 is 1.45 bits per heavy atom. The third-order valence-corrected chi connectivity index (χ3v) is 7.17. The lowest BCUT2D eigenvalue weighted by Crippen LogP contribution is -2.16. The van der Waals surface area contributed by atoms with Crippen molar-refractivity contribution in [1.29, 1.82) is 0 Å². The molecule has 0 aromatic heterocycles.